The molecule has 0 radical (unpaired) electrons. The largest absolute Gasteiger partial charge is 0.378 e. The lowest BCUT2D eigenvalue weighted by Crippen LogP contribution is -2.41. The van der Waals surface area contributed by atoms with Crippen molar-refractivity contribution >= 4 is 33.2 Å². The highest BCUT2D eigenvalue weighted by Gasteiger charge is 2.24. The van der Waals surface area contributed by atoms with Crippen LogP contribution in [0.5, 0.6) is 0 Å². The van der Waals surface area contributed by atoms with Crippen LogP contribution in [0.1, 0.15) is 15.9 Å². The molecule has 2 aromatic rings. The van der Waals surface area contributed by atoms with Crippen molar-refractivity contribution in [3.8, 4) is 0 Å². The van der Waals surface area contributed by atoms with Crippen LogP contribution in [0.4, 0.5) is 5.69 Å². The first-order chi connectivity index (χ1) is 12.4. The number of para-hydroxylation sites is 1. The van der Waals surface area contributed by atoms with E-state index in [1.165, 1.54) is 6.07 Å². The zero-order valence-electron chi connectivity index (χ0n) is 14.2. The van der Waals surface area contributed by atoms with Crippen molar-refractivity contribution in [3.63, 3.8) is 0 Å². The standard InChI is InChI=1S/C18H19ClN2O4S/c1-13-6-7-17(15(19)12-13)26(23,24)20-16-5-3-2-4-14(16)18(22)21-8-10-25-11-9-21/h2-7,12,20H,8-11H2,1H3. The number of benzene rings is 2. The number of rotatable bonds is 4. The predicted octanol–water partition coefficient (Wildman–Crippen LogP) is 2.92. The molecule has 2 aromatic carbocycles. The summed E-state index contributed by atoms with van der Waals surface area (Å²) >= 11 is 6.10. The van der Waals surface area contributed by atoms with Gasteiger partial charge in [-0.1, -0.05) is 29.8 Å². The predicted molar refractivity (Wildman–Crippen MR) is 100 cm³/mol. The Labute approximate surface area is 157 Å². The number of sulfonamides is 1. The molecule has 1 saturated heterocycles. The number of aryl methyl sites for hydroxylation is 1. The first-order valence-corrected chi connectivity index (χ1v) is 9.99. The highest BCUT2D eigenvalue weighted by molar-refractivity contribution is 7.92. The van der Waals surface area contributed by atoms with Crippen LogP contribution >= 0.6 is 11.6 Å². The number of carbonyl (C=O) groups is 1. The zero-order valence-corrected chi connectivity index (χ0v) is 15.8. The average molecular weight is 395 g/mol. The first kappa shape index (κ1) is 18.7. The smallest absolute Gasteiger partial charge is 0.263 e. The number of hydrogen-bond donors (Lipinski definition) is 1. The molecule has 1 aliphatic heterocycles. The van der Waals surface area contributed by atoms with E-state index < -0.39 is 10.0 Å². The normalized spacial score (nSPS) is 14.9. The molecular formula is C18H19ClN2O4S. The fraction of sp³-hybridized carbons (Fsp3) is 0.278. The van der Waals surface area contributed by atoms with Crippen LogP contribution < -0.4 is 4.72 Å². The summed E-state index contributed by atoms with van der Waals surface area (Å²) in [6.07, 6.45) is 0. The van der Waals surface area contributed by atoms with Gasteiger partial charge >= 0.3 is 0 Å². The summed E-state index contributed by atoms with van der Waals surface area (Å²) in [6, 6.07) is 11.2. The number of morpholine rings is 1. The van der Waals surface area contributed by atoms with Crippen LogP contribution in [0.2, 0.25) is 5.02 Å². The number of nitrogens with one attached hydrogen (secondary N) is 1. The molecular weight excluding hydrogens is 376 g/mol. The van der Waals surface area contributed by atoms with Gasteiger partial charge in [0.25, 0.3) is 15.9 Å². The van der Waals surface area contributed by atoms with Gasteiger partial charge in [-0.2, -0.15) is 0 Å². The molecule has 1 fully saturated rings. The summed E-state index contributed by atoms with van der Waals surface area (Å²) < 4.78 is 33.2. The van der Waals surface area contributed by atoms with Gasteiger partial charge in [0.1, 0.15) is 4.90 Å². The van der Waals surface area contributed by atoms with Gasteiger partial charge in [0.2, 0.25) is 0 Å². The Bertz CT molecular complexity index is 925. The summed E-state index contributed by atoms with van der Waals surface area (Å²) in [5.74, 6) is -0.235. The number of nitrogens with zero attached hydrogens (tertiary/aromatic N) is 1. The lowest BCUT2D eigenvalue weighted by atomic mass is 10.1. The Balaban J connectivity index is 1.91. The minimum absolute atomic E-state index is 0.0293. The van der Waals surface area contributed by atoms with Gasteiger partial charge in [0.15, 0.2) is 0 Å². The number of ether oxygens (including phenoxy) is 1. The van der Waals surface area contributed by atoms with E-state index in [0.717, 1.165) is 5.56 Å². The van der Waals surface area contributed by atoms with Crippen molar-refractivity contribution in [2.24, 2.45) is 0 Å². The van der Waals surface area contributed by atoms with Crippen molar-refractivity contribution < 1.29 is 17.9 Å². The molecule has 138 valence electrons. The molecule has 8 heteroatoms. The van der Waals surface area contributed by atoms with E-state index in [4.69, 9.17) is 16.3 Å². The minimum atomic E-state index is -3.92. The lowest BCUT2D eigenvalue weighted by Gasteiger charge is -2.27. The van der Waals surface area contributed by atoms with Crippen LogP contribution in [-0.4, -0.2) is 45.5 Å². The number of hydrogen-bond acceptors (Lipinski definition) is 4. The topological polar surface area (TPSA) is 75.7 Å². The van der Waals surface area contributed by atoms with Crippen molar-refractivity contribution in [2.75, 3.05) is 31.0 Å². The van der Waals surface area contributed by atoms with E-state index in [1.807, 2.05) is 6.92 Å². The van der Waals surface area contributed by atoms with Gasteiger partial charge in [-0.3, -0.25) is 9.52 Å². The van der Waals surface area contributed by atoms with Gasteiger partial charge in [-0.15, -0.1) is 0 Å². The maximum atomic E-state index is 12.8. The second-order valence-electron chi connectivity index (χ2n) is 5.99. The van der Waals surface area contributed by atoms with Crippen LogP contribution in [0.3, 0.4) is 0 Å². The van der Waals surface area contributed by atoms with Gasteiger partial charge in [0.05, 0.1) is 29.5 Å². The van der Waals surface area contributed by atoms with Crippen molar-refractivity contribution in [3.05, 3.63) is 58.6 Å². The molecule has 0 aliphatic carbocycles. The molecule has 1 aliphatic rings. The Morgan fingerprint density at radius 1 is 1.15 bits per heavy atom. The first-order valence-electron chi connectivity index (χ1n) is 8.13. The summed E-state index contributed by atoms with van der Waals surface area (Å²) in [7, 11) is -3.92. The van der Waals surface area contributed by atoms with E-state index in [9.17, 15) is 13.2 Å². The quantitative estimate of drug-likeness (QED) is 0.865. The molecule has 26 heavy (non-hydrogen) atoms. The summed E-state index contributed by atoms with van der Waals surface area (Å²) in [5.41, 5.74) is 1.37. The number of anilines is 1. The molecule has 0 aromatic heterocycles. The molecule has 1 heterocycles. The molecule has 0 atom stereocenters. The number of carbonyl (C=O) groups excluding carboxylic acids is 1. The monoisotopic (exact) mass is 394 g/mol. The maximum Gasteiger partial charge on any atom is 0.263 e. The van der Waals surface area contributed by atoms with Crippen LogP contribution in [0.25, 0.3) is 0 Å². The minimum Gasteiger partial charge on any atom is -0.378 e. The number of amides is 1. The van der Waals surface area contributed by atoms with Crippen molar-refractivity contribution in [1.29, 1.82) is 0 Å². The Morgan fingerprint density at radius 2 is 1.85 bits per heavy atom. The fourth-order valence-corrected chi connectivity index (χ4v) is 4.40. The number of halogens is 1. The zero-order chi connectivity index (χ0) is 18.7. The van der Waals surface area contributed by atoms with Gasteiger partial charge in [-0.25, -0.2) is 8.42 Å². The van der Waals surface area contributed by atoms with E-state index >= 15 is 0 Å². The van der Waals surface area contributed by atoms with Gasteiger partial charge < -0.3 is 9.64 Å². The molecule has 0 bridgehead atoms. The second kappa shape index (κ2) is 7.65. The molecule has 0 spiro atoms. The second-order valence-corrected chi connectivity index (χ2v) is 8.05. The van der Waals surface area contributed by atoms with Gasteiger partial charge in [-0.05, 0) is 36.8 Å². The van der Waals surface area contributed by atoms with Crippen LogP contribution in [0.15, 0.2) is 47.4 Å². The van der Waals surface area contributed by atoms with Crippen molar-refractivity contribution in [2.45, 2.75) is 11.8 Å². The Morgan fingerprint density at radius 3 is 2.54 bits per heavy atom. The lowest BCUT2D eigenvalue weighted by molar-refractivity contribution is 0.0303. The van der Waals surface area contributed by atoms with E-state index in [0.29, 0.717) is 31.9 Å². The molecule has 0 unspecified atom stereocenters. The van der Waals surface area contributed by atoms with Crippen LogP contribution in [0, 0.1) is 6.92 Å². The molecule has 1 amide bonds. The Kier molecular flexibility index (Phi) is 5.50. The maximum absolute atomic E-state index is 12.8. The third-order valence-corrected chi connectivity index (χ3v) is 5.93. The molecule has 1 N–H and O–H groups in total. The SMILES string of the molecule is Cc1ccc(S(=O)(=O)Nc2ccccc2C(=O)N2CCOCC2)c(Cl)c1. The van der Waals surface area contributed by atoms with Gasteiger partial charge in [0, 0.05) is 13.1 Å². The third kappa shape index (κ3) is 4.00. The summed E-state index contributed by atoms with van der Waals surface area (Å²) in [4.78, 5) is 14.4. The van der Waals surface area contributed by atoms with Crippen LogP contribution in [-0.2, 0) is 14.8 Å². The summed E-state index contributed by atoms with van der Waals surface area (Å²) in [6.45, 7) is 3.72. The molecule has 6 nitrogen and oxygen atoms in total. The average Bonchev–Trinajstić information content (AvgIpc) is 2.61. The molecule has 3 rings (SSSR count). The van der Waals surface area contributed by atoms with Crippen molar-refractivity contribution in [1.82, 2.24) is 4.90 Å². The third-order valence-electron chi connectivity index (χ3n) is 4.08. The van der Waals surface area contributed by atoms with E-state index in [2.05, 4.69) is 4.72 Å². The van der Waals surface area contributed by atoms with E-state index in [1.54, 1.807) is 41.3 Å². The highest BCUT2D eigenvalue weighted by Crippen LogP contribution is 2.26. The highest BCUT2D eigenvalue weighted by atomic mass is 35.5. The molecule has 0 saturated carbocycles. The fourth-order valence-electron chi connectivity index (χ4n) is 2.72. The van der Waals surface area contributed by atoms with E-state index in [-0.39, 0.29) is 21.5 Å². The summed E-state index contributed by atoms with van der Waals surface area (Å²) in [5, 5.41) is 0.134. The Hall–Kier alpha value is -2.09.